The normalized spacial score (nSPS) is 19.5. The zero-order valence-electron chi connectivity index (χ0n) is 11.8. The predicted octanol–water partition coefficient (Wildman–Crippen LogP) is -0.0847. The molecule has 2 amide bonds. The molecule has 110 valence electrons. The molecule has 1 atom stereocenters. The minimum atomic E-state index is -0.842. The van der Waals surface area contributed by atoms with E-state index >= 15 is 0 Å². The maximum Gasteiger partial charge on any atom is 0.240 e. The highest BCUT2D eigenvalue weighted by atomic mass is 16.5. The summed E-state index contributed by atoms with van der Waals surface area (Å²) in [6, 6.07) is 0.166. The summed E-state index contributed by atoms with van der Waals surface area (Å²) in [7, 11) is 0. The lowest BCUT2D eigenvalue weighted by Crippen LogP contribution is -2.57. The molecule has 0 aromatic rings. The van der Waals surface area contributed by atoms with Gasteiger partial charge < -0.3 is 21.1 Å². The van der Waals surface area contributed by atoms with E-state index in [2.05, 4.69) is 10.6 Å². The zero-order chi connectivity index (χ0) is 14.3. The first-order valence-electron chi connectivity index (χ1n) is 6.92. The number of ether oxygens (including phenoxy) is 1. The first-order valence-corrected chi connectivity index (χ1v) is 6.92. The highest BCUT2D eigenvalue weighted by molar-refractivity contribution is 5.86. The van der Waals surface area contributed by atoms with E-state index in [4.69, 9.17) is 10.5 Å². The van der Waals surface area contributed by atoms with Crippen LogP contribution in [0.25, 0.3) is 0 Å². The van der Waals surface area contributed by atoms with Crippen LogP contribution in [-0.4, -0.2) is 43.2 Å². The van der Waals surface area contributed by atoms with Crippen molar-refractivity contribution >= 4 is 11.8 Å². The Morgan fingerprint density at radius 3 is 2.58 bits per heavy atom. The topological polar surface area (TPSA) is 93.5 Å². The molecule has 1 aliphatic heterocycles. The van der Waals surface area contributed by atoms with Crippen LogP contribution in [0.1, 0.15) is 39.5 Å². The Morgan fingerprint density at radius 1 is 1.37 bits per heavy atom. The van der Waals surface area contributed by atoms with Crippen molar-refractivity contribution in [2.45, 2.75) is 51.1 Å². The summed E-state index contributed by atoms with van der Waals surface area (Å²) in [6.07, 6.45) is 2.22. The summed E-state index contributed by atoms with van der Waals surface area (Å²) in [5.74, 6) is -0.236. The number of rotatable bonds is 6. The van der Waals surface area contributed by atoms with Gasteiger partial charge in [0.2, 0.25) is 11.8 Å². The Hall–Kier alpha value is -1.14. The zero-order valence-corrected chi connectivity index (χ0v) is 11.8. The lowest BCUT2D eigenvalue weighted by atomic mass is 9.90. The largest absolute Gasteiger partial charge is 0.381 e. The second-order valence-corrected chi connectivity index (χ2v) is 5.15. The SMILES string of the molecule is CCC(C)NC(=O)CCNC(=O)C1(N)CCOCC1. The Morgan fingerprint density at radius 2 is 2.00 bits per heavy atom. The molecule has 0 aliphatic carbocycles. The second-order valence-electron chi connectivity index (χ2n) is 5.15. The van der Waals surface area contributed by atoms with Crippen LogP contribution in [-0.2, 0) is 14.3 Å². The van der Waals surface area contributed by atoms with Crippen LogP contribution >= 0.6 is 0 Å². The molecule has 6 nitrogen and oxygen atoms in total. The molecule has 0 saturated carbocycles. The maximum atomic E-state index is 12.0. The van der Waals surface area contributed by atoms with Crippen molar-refractivity contribution in [3.63, 3.8) is 0 Å². The third-order valence-electron chi connectivity index (χ3n) is 3.49. The van der Waals surface area contributed by atoms with Crippen LogP contribution in [0.2, 0.25) is 0 Å². The van der Waals surface area contributed by atoms with Gasteiger partial charge in [-0.05, 0) is 26.2 Å². The molecule has 0 aromatic heterocycles. The molecular weight excluding hydrogens is 246 g/mol. The number of hydrogen-bond acceptors (Lipinski definition) is 4. The number of nitrogens with two attached hydrogens (primary N) is 1. The molecule has 4 N–H and O–H groups in total. The van der Waals surface area contributed by atoms with E-state index in [0.717, 1.165) is 6.42 Å². The van der Waals surface area contributed by atoms with E-state index in [1.165, 1.54) is 0 Å². The Bertz CT molecular complexity index is 314. The van der Waals surface area contributed by atoms with Gasteiger partial charge in [0.25, 0.3) is 0 Å². The molecule has 1 unspecified atom stereocenters. The molecule has 1 fully saturated rings. The Kier molecular flexibility index (Phi) is 6.24. The van der Waals surface area contributed by atoms with Gasteiger partial charge in [-0.3, -0.25) is 9.59 Å². The number of carbonyl (C=O) groups is 2. The van der Waals surface area contributed by atoms with Gasteiger partial charge in [0.15, 0.2) is 0 Å². The van der Waals surface area contributed by atoms with Crippen LogP contribution in [0.5, 0.6) is 0 Å². The average molecular weight is 271 g/mol. The van der Waals surface area contributed by atoms with Gasteiger partial charge in [0.1, 0.15) is 0 Å². The van der Waals surface area contributed by atoms with Crippen molar-refractivity contribution in [3.05, 3.63) is 0 Å². The molecule has 1 rings (SSSR count). The number of carbonyl (C=O) groups excluding carboxylic acids is 2. The molecule has 0 bridgehead atoms. The first kappa shape index (κ1) is 15.9. The van der Waals surface area contributed by atoms with Crippen LogP contribution in [0.3, 0.4) is 0 Å². The molecule has 1 heterocycles. The molecule has 19 heavy (non-hydrogen) atoms. The smallest absolute Gasteiger partial charge is 0.240 e. The van der Waals surface area contributed by atoms with Gasteiger partial charge in [-0.1, -0.05) is 6.92 Å². The standard InChI is InChI=1S/C13H25N3O3/c1-3-10(2)16-11(17)4-7-15-12(18)13(14)5-8-19-9-6-13/h10H,3-9,14H2,1-2H3,(H,15,18)(H,16,17). The molecule has 0 radical (unpaired) electrons. The van der Waals surface area contributed by atoms with Gasteiger partial charge in [-0.15, -0.1) is 0 Å². The first-order chi connectivity index (χ1) is 8.98. The summed E-state index contributed by atoms with van der Waals surface area (Å²) in [5.41, 5.74) is 5.19. The van der Waals surface area contributed by atoms with Gasteiger partial charge in [0, 0.05) is 32.2 Å². The lowest BCUT2D eigenvalue weighted by Gasteiger charge is -2.31. The van der Waals surface area contributed by atoms with Crippen LogP contribution in [0.15, 0.2) is 0 Å². The van der Waals surface area contributed by atoms with Crippen molar-refractivity contribution in [2.75, 3.05) is 19.8 Å². The maximum absolute atomic E-state index is 12.0. The van der Waals surface area contributed by atoms with Crippen molar-refractivity contribution in [1.29, 1.82) is 0 Å². The summed E-state index contributed by atoms with van der Waals surface area (Å²) in [5, 5.41) is 5.59. The van der Waals surface area contributed by atoms with Crippen molar-refractivity contribution in [2.24, 2.45) is 5.73 Å². The van der Waals surface area contributed by atoms with E-state index < -0.39 is 5.54 Å². The number of nitrogens with one attached hydrogen (secondary N) is 2. The monoisotopic (exact) mass is 271 g/mol. The van der Waals surface area contributed by atoms with E-state index in [-0.39, 0.29) is 24.3 Å². The summed E-state index contributed by atoms with van der Waals surface area (Å²) in [4.78, 5) is 23.5. The summed E-state index contributed by atoms with van der Waals surface area (Å²) >= 11 is 0. The van der Waals surface area contributed by atoms with Gasteiger partial charge in [-0.25, -0.2) is 0 Å². The number of amides is 2. The van der Waals surface area contributed by atoms with E-state index in [0.29, 0.717) is 32.6 Å². The molecule has 0 aromatic carbocycles. The second kappa shape index (κ2) is 7.45. The van der Waals surface area contributed by atoms with Crippen molar-refractivity contribution in [1.82, 2.24) is 10.6 Å². The highest BCUT2D eigenvalue weighted by Gasteiger charge is 2.35. The molecule has 6 heteroatoms. The fourth-order valence-corrected chi connectivity index (χ4v) is 1.88. The molecule has 0 spiro atoms. The number of hydrogen-bond donors (Lipinski definition) is 3. The molecule has 1 saturated heterocycles. The minimum Gasteiger partial charge on any atom is -0.381 e. The van der Waals surface area contributed by atoms with Crippen LogP contribution in [0, 0.1) is 0 Å². The van der Waals surface area contributed by atoms with Crippen LogP contribution < -0.4 is 16.4 Å². The van der Waals surface area contributed by atoms with E-state index in [1.54, 1.807) is 0 Å². The van der Waals surface area contributed by atoms with Crippen molar-refractivity contribution < 1.29 is 14.3 Å². The minimum absolute atomic E-state index is 0.0484. The van der Waals surface area contributed by atoms with Gasteiger partial charge in [-0.2, -0.15) is 0 Å². The predicted molar refractivity (Wildman–Crippen MR) is 72.5 cm³/mol. The fraction of sp³-hybridized carbons (Fsp3) is 0.846. The molecule has 1 aliphatic rings. The van der Waals surface area contributed by atoms with Gasteiger partial charge >= 0.3 is 0 Å². The van der Waals surface area contributed by atoms with Gasteiger partial charge in [0.05, 0.1) is 5.54 Å². The summed E-state index contributed by atoms with van der Waals surface area (Å²) in [6.45, 7) is 5.31. The third kappa shape index (κ3) is 5.16. The summed E-state index contributed by atoms with van der Waals surface area (Å²) < 4.78 is 5.19. The van der Waals surface area contributed by atoms with Crippen LogP contribution in [0.4, 0.5) is 0 Å². The average Bonchev–Trinajstić information content (AvgIpc) is 2.39. The molecular formula is C13H25N3O3. The highest BCUT2D eigenvalue weighted by Crippen LogP contribution is 2.17. The lowest BCUT2D eigenvalue weighted by molar-refractivity contribution is -0.129. The Balaban J connectivity index is 2.25. The quantitative estimate of drug-likeness (QED) is 0.629. The van der Waals surface area contributed by atoms with E-state index in [9.17, 15) is 9.59 Å². The van der Waals surface area contributed by atoms with E-state index in [1.807, 2.05) is 13.8 Å². The Labute approximate surface area is 114 Å². The van der Waals surface area contributed by atoms with Crippen molar-refractivity contribution in [3.8, 4) is 0 Å². The third-order valence-corrected chi connectivity index (χ3v) is 3.49. The fourth-order valence-electron chi connectivity index (χ4n) is 1.88.